The highest BCUT2D eigenvalue weighted by Gasteiger charge is 2.20. The van der Waals surface area contributed by atoms with Crippen LogP contribution in [0.5, 0.6) is 0 Å². The summed E-state index contributed by atoms with van der Waals surface area (Å²) in [6.45, 7) is 1.71. The van der Waals surface area contributed by atoms with Crippen LogP contribution >= 0.6 is 0 Å². The summed E-state index contributed by atoms with van der Waals surface area (Å²) in [5.74, 6) is -1.13. The van der Waals surface area contributed by atoms with Crippen molar-refractivity contribution in [3.8, 4) is 0 Å². The van der Waals surface area contributed by atoms with Crippen LogP contribution in [0.2, 0.25) is 0 Å². The molecular formula is C21H28N4O3. The molecule has 0 fully saturated rings. The normalized spacial score (nSPS) is 14.8. The maximum atomic E-state index is 12.5. The molecule has 1 heterocycles. The van der Waals surface area contributed by atoms with Gasteiger partial charge in [-0.15, -0.1) is 0 Å². The topological polar surface area (TPSA) is 117 Å². The quantitative estimate of drug-likeness (QED) is 0.546. The Morgan fingerprint density at radius 3 is 2.71 bits per heavy atom. The van der Waals surface area contributed by atoms with E-state index in [1.54, 1.807) is 0 Å². The summed E-state index contributed by atoms with van der Waals surface area (Å²) >= 11 is 0. The summed E-state index contributed by atoms with van der Waals surface area (Å²) in [6, 6.07) is 5.42. The molecule has 1 aromatic carbocycles. The minimum atomic E-state index is -0.766. The molecule has 1 aromatic heterocycles. The fourth-order valence-electron chi connectivity index (χ4n) is 3.85. The average Bonchev–Trinajstić information content (AvgIpc) is 2.83. The Bertz CT molecular complexity index is 887. The van der Waals surface area contributed by atoms with Gasteiger partial charge in [-0.05, 0) is 55.4 Å². The number of fused-ring (bicyclic) bond motifs is 3. The monoisotopic (exact) mass is 384 g/mol. The van der Waals surface area contributed by atoms with Crippen molar-refractivity contribution in [1.82, 2.24) is 15.6 Å². The van der Waals surface area contributed by atoms with E-state index in [0.717, 1.165) is 23.9 Å². The summed E-state index contributed by atoms with van der Waals surface area (Å²) in [6.07, 6.45) is 6.09. The van der Waals surface area contributed by atoms with Gasteiger partial charge in [-0.25, -0.2) is 0 Å². The molecule has 0 unspecified atom stereocenters. The lowest BCUT2D eigenvalue weighted by molar-refractivity contribution is -0.128. The molecule has 1 atom stereocenters. The fraction of sp³-hybridized carbons (Fsp3) is 0.476. The Balaban J connectivity index is 1.69. The number of rotatable bonds is 7. The molecule has 0 spiro atoms. The number of aromatic amines is 1. The molecule has 3 amide bonds. The van der Waals surface area contributed by atoms with E-state index in [1.807, 2.05) is 6.07 Å². The van der Waals surface area contributed by atoms with Crippen molar-refractivity contribution in [3.63, 3.8) is 0 Å². The van der Waals surface area contributed by atoms with Gasteiger partial charge in [-0.1, -0.05) is 12.5 Å². The molecule has 3 rings (SSSR count). The lowest BCUT2D eigenvalue weighted by atomic mass is 10.0. The summed E-state index contributed by atoms with van der Waals surface area (Å²) in [5, 5.41) is 6.67. The van der Waals surface area contributed by atoms with Gasteiger partial charge in [0.25, 0.3) is 0 Å². The second-order valence-electron chi connectivity index (χ2n) is 7.50. The van der Waals surface area contributed by atoms with Crippen molar-refractivity contribution >= 4 is 28.6 Å². The van der Waals surface area contributed by atoms with Gasteiger partial charge in [0.2, 0.25) is 17.7 Å². The number of carbonyl (C=O) groups excluding carboxylic acids is 3. The first kappa shape index (κ1) is 19.9. The van der Waals surface area contributed by atoms with Crippen molar-refractivity contribution in [3.05, 3.63) is 35.0 Å². The highest BCUT2D eigenvalue weighted by atomic mass is 16.2. The first-order valence-corrected chi connectivity index (χ1v) is 9.89. The van der Waals surface area contributed by atoms with E-state index in [4.69, 9.17) is 5.73 Å². The molecule has 150 valence electrons. The van der Waals surface area contributed by atoms with Crippen LogP contribution in [0.3, 0.4) is 0 Å². The number of nitrogens with two attached hydrogens (primary N) is 1. The van der Waals surface area contributed by atoms with Crippen LogP contribution in [0.4, 0.5) is 0 Å². The van der Waals surface area contributed by atoms with Crippen LogP contribution in [0.1, 0.15) is 55.8 Å². The Morgan fingerprint density at radius 1 is 1.18 bits per heavy atom. The molecule has 1 aliphatic carbocycles. The lowest BCUT2D eigenvalue weighted by Crippen LogP contribution is -2.46. The van der Waals surface area contributed by atoms with Crippen LogP contribution in [-0.2, 0) is 33.8 Å². The zero-order valence-electron chi connectivity index (χ0n) is 16.3. The van der Waals surface area contributed by atoms with E-state index >= 15 is 0 Å². The number of amides is 3. The van der Waals surface area contributed by atoms with Crippen LogP contribution in [0.25, 0.3) is 10.9 Å². The fourth-order valence-corrected chi connectivity index (χ4v) is 3.85. The average molecular weight is 384 g/mol. The van der Waals surface area contributed by atoms with Crippen LogP contribution < -0.4 is 16.4 Å². The van der Waals surface area contributed by atoms with Crippen molar-refractivity contribution < 1.29 is 14.4 Å². The molecule has 7 nitrogen and oxygen atoms in total. The molecule has 0 saturated heterocycles. The smallest absolute Gasteiger partial charge is 0.242 e. The van der Waals surface area contributed by atoms with Crippen LogP contribution in [0.15, 0.2) is 18.2 Å². The maximum absolute atomic E-state index is 12.5. The number of hydrogen-bond donors (Lipinski definition) is 4. The van der Waals surface area contributed by atoms with Gasteiger partial charge in [0.05, 0.1) is 0 Å². The molecule has 0 saturated carbocycles. The Morgan fingerprint density at radius 2 is 1.96 bits per heavy atom. The van der Waals surface area contributed by atoms with Crippen molar-refractivity contribution in [2.75, 3.05) is 0 Å². The zero-order valence-corrected chi connectivity index (χ0v) is 16.3. The molecule has 28 heavy (non-hydrogen) atoms. The van der Waals surface area contributed by atoms with Crippen molar-refractivity contribution in [2.45, 2.75) is 64.5 Å². The molecule has 0 bridgehead atoms. The molecule has 5 N–H and O–H groups in total. The minimum absolute atomic E-state index is 0.0415. The first-order valence-electron chi connectivity index (χ1n) is 9.89. The van der Waals surface area contributed by atoms with E-state index in [2.05, 4.69) is 27.8 Å². The van der Waals surface area contributed by atoms with Gasteiger partial charge in [-0.3, -0.25) is 14.4 Å². The zero-order chi connectivity index (χ0) is 20.1. The first-order chi connectivity index (χ1) is 13.4. The van der Waals surface area contributed by atoms with Crippen LogP contribution in [-0.4, -0.2) is 28.7 Å². The molecule has 7 heteroatoms. The highest BCUT2D eigenvalue weighted by Crippen LogP contribution is 2.29. The van der Waals surface area contributed by atoms with E-state index in [9.17, 15) is 14.4 Å². The van der Waals surface area contributed by atoms with Gasteiger partial charge in [0.15, 0.2) is 0 Å². The maximum Gasteiger partial charge on any atom is 0.242 e. The van der Waals surface area contributed by atoms with Gasteiger partial charge in [0, 0.05) is 36.5 Å². The third-order valence-electron chi connectivity index (χ3n) is 5.25. The molecule has 0 radical (unpaired) electrons. The summed E-state index contributed by atoms with van der Waals surface area (Å²) < 4.78 is 0. The summed E-state index contributed by atoms with van der Waals surface area (Å²) in [7, 11) is 0. The standard InChI is InChI=1S/C21H28N4O3/c1-13(26)24-19(9-10-20(22)27)21(28)23-12-14-7-8-18-16(11-14)15-5-3-2-4-6-17(15)25-18/h7-8,11,19,25H,2-6,9-10,12H2,1H3,(H2,22,27)(H,23,28)(H,24,26)/t19-/m0/s1. The third-order valence-corrected chi connectivity index (χ3v) is 5.25. The lowest BCUT2D eigenvalue weighted by Gasteiger charge is -2.17. The van der Waals surface area contributed by atoms with Crippen molar-refractivity contribution in [2.24, 2.45) is 5.73 Å². The molecule has 0 aliphatic heterocycles. The second-order valence-corrected chi connectivity index (χ2v) is 7.50. The van der Waals surface area contributed by atoms with Gasteiger partial charge in [-0.2, -0.15) is 0 Å². The molecule has 1 aliphatic rings. The molecule has 2 aromatic rings. The molecular weight excluding hydrogens is 356 g/mol. The van der Waals surface area contributed by atoms with E-state index in [-0.39, 0.29) is 24.7 Å². The SMILES string of the molecule is CC(=O)N[C@@H](CCC(N)=O)C(=O)NCc1ccc2[nH]c3c(c2c1)CCCCC3. The van der Waals surface area contributed by atoms with Crippen LogP contribution in [0, 0.1) is 0 Å². The highest BCUT2D eigenvalue weighted by molar-refractivity contribution is 5.88. The minimum Gasteiger partial charge on any atom is -0.370 e. The summed E-state index contributed by atoms with van der Waals surface area (Å²) in [4.78, 5) is 38.4. The number of aryl methyl sites for hydroxylation is 2. The Labute approximate surface area is 164 Å². The predicted octanol–water partition coefficient (Wildman–Crippen LogP) is 1.82. The second kappa shape index (κ2) is 8.91. The number of carbonyl (C=O) groups is 3. The number of primary amides is 1. The number of benzene rings is 1. The number of aromatic nitrogens is 1. The van der Waals surface area contributed by atoms with Gasteiger partial charge in [0.1, 0.15) is 6.04 Å². The van der Waals surface area contributed by atoms with Gasteiger partial charge >= 0.3 is 0 Å². The number of H-pyrrole nitrogens is 1. The van der Waals surface area contributed by atoms with E-state index in [0.29, 0.717) is 6.54 Å². The van der Waals surface area contributed by atoms with E-state index < -0.39 is 11.9 Å². The largest absolute Gasteiger partial charge is 0.370 e. The van der Waals surface area contributed by atoms with Gasteiger partial charge < -0.3 is 21.4 Å². The Kier molecular flexibility index (Phi) is 6.34. The Hall–Kier alpha value is -2.83. The van der Waals surface area contributed by atoms with E-state index in [1.165, 1.54) is 42.8 Å². The number of hydrogen-bond acceptors (Lipinski definition) is 3. The van der Waals surface area contributed by atoms with Crippen molar-refractivity contribution in [1.29, 1.82) is 0 Å². The number of nitrogens with one attached hydrogen (secondary N) is 3. The predicted molar refractivity (Wildman–Crippen MR) is 107 cm³/mol. The summed E-state index contributed by atoms with van der Waals surface area (Å²) in [5.41, 5.74) is 10.0. The third kappa shape index (κ3) is 4.91.